The summed E-state index contributed by atoms with van der Waals surface area (Å²) < 4.78 is 7.90. The summed E-state index contributed by atoms with van der Waals surface area (Å²) in [5.41, 5.74) is 5.57. The zero-order valence-electron chi connectivity index (χ0n) is 17.1. The second-order valence-corrected chi connectivity index (χ2v) is 7.09. The van der Waals surface area contributed by atoms with E-state index in [1.807, 2.05) is 13.0 Å². The lowest BCUT2D eigenvalue weighted by Crippen LogP contribution is -2.11. The van der Waals surface area contributed by atoms with E-state index in [9.17, 15) is 0 Å². The highest BCUT2D eigenvalue weighted by molar-refractivity contribution is 5.81. The summed E-state index contributed by atoms with van der Waals surface area (Å²) in [5.74, 6) is 1.49. The van der Waals surface area contributed by atoms with Gasteiger partial charge in [-0.05, 0) is 43.7 Å². The van der Waals surface area contributed by atoms with Gasteiger partial charge >= 0.3 is 0 Å². The number of aryl methyl sites for hydroxylation is 1. The molecule has 4 aromatic rings. The third-order valence-corrected chi connectivity index (χ3v) is 4.87. The van der Waals surface area contributed by atoms with Gasteiger partial charge in [-0.2, -0.15) is 0 Å². The lowest BCUT2D eigenvalue weighted by molar-refractivity contribution is 0.308. The smallest absolute Gasteiger partial charge is 0.183 e. The van der Waals surface area contributed by atoms with Gasteiger partial charge < -0.3 is 10.1 Å². The number of fused-ring (bicyclic) bond motifs is 3. The number of rotatable bonds is 8. The van der Waals surface area contributed by atoms with Crippen molar-refractivity contribution >= 4 is 16.7 Å². The number of pyridine rings is 1. The van der Waals surface area contributed by atoms with Gasteiger partial charge in [0.1, 0.15) is 5.75 Å². The number of nitrogens with one attached hydrogen (secondary N) is 1. The number of ether oxygens (including phenoxy) is 1. The summed E-state index contributed by atoms with van der Waals surface area (Å²) >= 11 is 0. The molecular weight excluding hydrogens is 364 g/mol. The molecule has 0 bridgehead atoms. The number of hydrogen-bond acceptors (Lipinski definition) is 6. The highest BCUT2D eigenvalue weighted by Crippen LogP contribution is 2.26. The maximum Gasteiger partial charge on any atom is 0.183 e. The quantitative estimate of drug-likeness (QED) is 0.459. The van der Waals surface area contributed by atoms with E-state index in [1.54, 1.807) is 12.4 Å². The molecule has 0 atom stereocenters. The van der Waals surface area contributed by atoms with Crippen molar-refractivity contribution < 1.29 is 4.74 Å². The van der Waals surface area contributed by atoms with E-state index < -0.39 is 0 Å². The fraction of sp³-hybridized carbons (Fsp3) is 0.364. The van der Waals surface area contributed by atoms with Gasteiger partial charge in [0.05, 0.1) is 29.5 Å². The Labute approximate surface area is 170 Å². The molecule has 0 saturated carbocycles. The third-order valence-electron chi connectivity index (χ3n) is 4.87. The zero-order valence-corrected chi connectivity index (χ0v) is 17.1. The molecule has 1 N–H and O–H groups in total. The molecule has 7 nitrogen and oxygen atoms in total. The predicted molar refractivity (Wildman–Crippen MR) is 114 cm³/mol. The molecule has 0 aliphatic carbocycles. The highest BCUT2D eigenvalue weighted by atomic mass is 16.5. The number of benzene rings is 1. The molecule has 4 rings (SSSR count). The van der Waals surface area contributed by atoms with Gasteiger partial charge in [-0.15, -0.1) is 10.2 Å². The molecule has 0 amide bonds. The maximum atomic E-state index is 5.83. The van der Waals surface area contributed by atoms with Gasteiger partial charge in [0.15, 0.2) is 11.5 Å². The monoisotopic (exact) mass is 390 g/mol. The number of aromatic nitrogens is 5. The summed E-state index contributed by atoms with van der Waals surface area (Å²) in [6, 6.07) is 8.29. The van der Waals surface area contributed by atoms with Crippen molar-refractivity contribution in [2.45, 2.75) is 40.2 Å². The first-order valence-electron chi connectivity index (χ1n) is 10.1. The number of unbranched alkanes of at least 4 members (excludes halogenated alkanes) is 1. The molecule has 3 aromatic heterocycles. The van der Waals surface area contributed by atoms with Crippen molar-refractivity contribution in [3.8, 4) is 17.1 Å². The standard InChI is InChI=1S/C22H26N6O/c1-4-6-9-29-18-11-17(13-24-14-18)22-27-26-21-15(3)25-19-8-7-16(12-23-5-2)10-20(19)28(21)22/h7-8,10-11,13-14,23H,4-6,9,12H2,1-3H3. The van der Waals surface area contributed by atoms with Crippen LogP contribution in [-0.4, -0.2) is 37.7 Å². The van der Waals surface area contributed by atoms with Crippen LogP contribution in [0.3, 0.4) is 0 Å². The summed E-state index contributed by atoms with van der Waals surface area (Å²) in [6.45, 7) is 8.62. The molecule has 150 valence electrons. The minimum absolute atomic E-state index is 0.683. The van der Waals surface area contributed by atoms with E-state index in [0.29, 0.717) is 6.61 Å². The molecule has 0 saturated heterocycles. The summed E-state index contributed by atoms with van der Waals surface area (Å²) in [5, 5.41) is 12.2. The van der Waals surface area contributed by atoms with Crippen molar-refractivity contribution in [2.75, 3.05) is 13.2 Å². The Kier molecular flexibility index (Phi) is 5.67. The van der Waals surface area contributed by atoms with Crippen LogP contribution in [0.1, 0.15) is 37.9 Å². The Bertz CT molecular complexity index is 1140. The molecule has 3 heterocycles. The van der Waals surface area contributed by atoms with Crippen LogP contribution in [0.15, 0.2) is 36.7 Å². The third kappa shape index (κ3) is 3.91. The van der Waals surface area contributed by atoms with Gasteiger partial charge in [0, 0.05) is 18.3 Å². The molecule has 0 aliphatic rings. The van der Waals surface area contributed by atoms with Crippen molar-refractivity contribution in [1.29, 1.82) is 0 Å². The normalized spacial score (nSPS) is 11.4. The minimum atomic E-state index is 0.683. The van der Waals surface area contributed by atoms with Crippen molar-refractivity contribution in [1.82, 2.24) is 29.9 Å². The average molecular weight is 390 g/mol. The van der Waals surface area contributed by atoms with Crippen LogP contribution in [0, 0.1) is 6.92 Å². The predicted octanol–water partition coefficient (Wildman–Crippen LogP) is 3.94. The fourth-order valence-electron chi connectivity index (χ4n) is 3.34. The maximum absolute atomic E-state index is 5.83. The van der Waals surface area contributed by atoms with Crippen LogP contribution >= 0.6 is 0 Å². The Morgan fingerprint density at radius 1 is 1.10 bits per heavy atom. The zero-order chi connectivity index (χ0) is 20.2. The molecule has 7 heteroatoms. The first-order chi connectivity index (χ1) is 14.2. The summed E-state index contributed by atoms with van der Waals surface area (Å²) in [6.07, 6.45) is 5.65. The fourth-order valence-corrected chi connectivity index (χ4v) is 3.34. The van der Waals surface area contributed by atoms with E-state index in [4.69, 9.17) is 9.72 Å². The van der Waals surface area contributed by atoms with Crippen molar-refractivity contribution in [3.05, 3.63) is 47.9 Å². The van der Waals surface area contributed by atoms with Crippen LogP contribution in [0.25, 0.3) is 28.1 Å². The van der Waals surface area contributed by atoms with Crippen LogP contribution in [0.5, 0.6) is 5.75 Å². The molecular formula is C22H26N6O. The topological polar surface area (TPSA) is 77.2 Å². The molecule has 29 heavy (non-hydrogen) atoms. The lowest BCUT2D eigenvalue weighted by atomic mass is 10.1. The summed E-state index contributed by atoms with van der Waals surface area (Å²) in [7, 11) is 0. The SMILES string of the molecule is CCCCOc1cncc(-c2nnc3c(C)nc4ccc(CNCC)cc4n23)c1. The van der Waals surface area contributed by atoms with Gasteiger partial charge in [-0.1, -0.05) is 26.3 Å². The summed E-state index contributed by atoms with van der Waals surface area (Å²) in [4.78, 5) is 9.07. The molecule has 0 aliphatic heterocycles. The average Bonchev–Trinajstić information content (AvgIpc) is 3.19. The number of hydrogen-bond donors (Lipinski definition) is 1. The van der Waals surface area contributed by atoms with Crippen molar-refractivity contribution in [3.63, 3.8) is 0 Å². The molecule has 0 unspecified atom stereocenters. The van der Waals surface area contributed by atoms with Gasteiger partial charge in [-0.3, -0.25) is 9.38 Å². The van der Waals surface area contributed by atoms with Gasteiger partial charge in [-0.25, -0.2) is 4.98 Å². The van der Waals surface area contributed by atoms with Gasteiger partial charge in [0.2, 0.25) is 0 Å². The minimum Gasteiger partial charge on any atom is -0.492 e. The lowest BCUT2D eigenvalue weighted by Gasteiger charge is -2.10. The van der Waals surface area contributed by atoms with E-state index in [1.165, 1.54) is 5.56 Å². The first-order valence-corrected chi connectivity index (χ1v) is 10.1. The van der Waals surface area contributed by atoms with Crippen LogP contribution in [0.4, 0.5) is 0 Å². The van der Waals surface area contributed by atoms with Crippen LogP contribution in [0.2, 0.25) is 0 Å². The van der Waals surface area contributed by atoms with E-state index in [2.05, 4.69) is 56.9 Å². The molecule has 1 aromatic carbocycles. The molecule has 0 radical (unpaired) electrons. The van der Waals surface area contributed by atoms with Crippen LogP contribution < -0.4 is 10.1 Å². The van der Waals surface area contributed by atoms with Crippen LogP contribution in [-0.2, 0) is 6.54 Å². The second-order valence-electron chi connectivity index (χ2n) is 7.09. The Morgan fingerprint density at radius 2 is 2.00 bits per heavy atom. The molecule has 0 fully saturated rings. The van der Waals surface area contributed by atoms with Gasteiger partial charge in [0.25, 0.3) is 0 Å². The Morgan fingerprint density at radius 3 is 2.83 bits per heavy atom. The van der Waals surface area contributed by atoms with Crippen molar-refractivity contribution in [2.24, 2.45) is 0 Å². The highest BCUT2D eigenvalue weighted by Gasteiger charge is 2.15. The number of nitrogens with zero attached hydrogens (tertiary/aromatic N) is 5. The first kappa shape index (κ1) is 19.3. The largest absolute Gasteiger partial charge is 0.492 e. The van der Waals surface area contributed by atoms with E-state index in [0.717, 1.165) is 65.4 Å². The molecule has 0 spiro atoms. The van der Waals surface area contributed by atoms with E-state index in [-0.39, 0.29) is 0 Å². The van der Waals surface area contributed by atoms with E-state index >= 15 is 0 Å². The Hall–Kier alpha value is -3.06. The second kappa shape index (κ2) is 8.53. The Balaban J connectivity index is 1.83.